The summed E-state index contributed by atoms with van der Waals surface area (Å²) in [4.78, 5) is 55.2. The smallest absolute Gasteiger partial charge is 0.326 e. The summed E-state index contributed by atoms with van der Waals surface area (Å²) in [6.45, 7) is 1.07. The second kappa shape index (κ2) is 20.0. The molecule has 1 aromatic carbocycles. The van der Waals surface area contributed by atoms with Gasteiger partial charge in [0.1, 0.15) is 23.9 Å². The molecule has 0 saturated carbocycles. The number of aliphatic imine (C=N–C) groups is 1. The highest BCUT2D eigenvalue weighted by molar-refractivity contribution is 5.94. The van der Waals surface area contributed by atoms with Crippen molar-refractivity contribution in [3.05, 3.63) is 29.8 Å². The third kappa shape index (κ3) is 14.6. The Morgan fingerprint density at radius 2 is 1.26 bits per heavy atom. The van der Waals surface area contributed by atoms with Crippen molar-refractivity contribution in [2.24, 2.45) is 33.7 Å². The molecule has 15 N–H and O–H groups in total. The van der Waals surface area contributed by atoms with Crippen molar-refractivity contribution in [3.8, 4) is 5.75 Å². The number of carbonyl (C=O) groups is 4. The largest absolute Gasteiger partial charge is 0.508 e. The first-order valence-corrected chi connectivity index (χ1v) is 14.1. The molecule has 0 bridgehead atoms. The standard InChI is InChI=1S/C27H47N9O6/c28-13-3-1-7-20(34-23(38)19(30)6-5-15-33-27(31)32)24(39)36-22(16-17-9-11-18(37)12-10-17)25(40)35-21(26(41)42)8-2-4-14-29/h9-12,19-22,37H,1-8,13-16,28-30H2,(H,34,38)(H,35,40)(H,36,39)(H,41,42)(H4,31,32,33). The van der Waals surface area contributed by atoms with Crippen LogP contribution >= 0.6 is 0 Å². The van der Waals surface area contributed by atoms with Gasteiger partial charge in [0.05, 0.1) is 6.04 Å². The van der Waals surface area contributed by atoms with E-state index in [2.05, 4.69) is 20.9 Å². The van der Waals surface area contributed by atoms with Crippen molar-refractivity contribution in [2.45, 2.75) is 82.0 Å². The molecule has 0 aliphatic heterocycles. The van der Waals surface area contributed by atoms with Crippen LogP contribution in [0.15, 0.2) is 29.3 Å². The van der Waals surface area contributed by atoms with E-state index in [0.717, 1.165) is 0 Å². The van der Waals surface area contributed by atoms with Gasteiger partial charge in [-0.15, -0.1) is 0 Å². The molecule has 4 atom stereocenters. The molecule has 1 rings (SSSR count). The van der Waals surface area contributed by atoms with Crippen molar-refractivity contribution >= 4 is 29.7 Å². The minimum atomic E-state index is -1.21. The summed E-state index contributed by atoms with van der Waals surface area (Å²) in [6.07, 6.45) is 3.32. The summed E-state index contributed by atoms with van der Waals surface area (Å²) in [5.41, 5.74) is 28.3. The van der Waals surface area contributed by atoms with E-state index in [-0.39, 0.29) is 37.4 Å². The highest BCUT2D eigenvalue weighted by atomic mass is 16.4. The van der Waals surface area contributed by atoms with E-state index >= 15 is 0 Å². The minimum Gasteiger partial charge on any atom is -0.508 e. The number of nitrogens with two attached hydrogens (primary N) is 5. The Balaban J connectivity index is 3.08. The number of guanidine groups is 1. The number of amides is 3. The number of hydrogen-bond acceptors (Lipinski definition) is 9. The van der Waals surface area contributed by atoms with Gasteiger partial charge in [-0.1, -0.05) is 12.1 Å². The van der Waals surface area contributed by atoms with E-state index in [1.165, 1.54) is 12.1 Å². The van der Waals surface area contributed by atoms with Gasteiger partial charge in [-0.3, -0.25) is 19.4 Å². The average Bonchev–Trinajstić information content (AvgIpc) is 2.94. The Morgan fingerprint density at radius 1 is 0.738 bits per heavy atom. The van der Waals surface area contributed by atoms with Gasteiger partial charge < -0.3 is 54.8 Å². The van der Waals surface area contributed by atoms with Crippen molar-refractivity contribution in [1.29, 1.82) is 0 Å². The zero-order valence-electron chi connectivity index (χ0n) is 24.0. The number of nitrogens with one attached hydrogen (secondary N) is 3. The number of carboxylic acid groups (broad SMARTS) is 1. The Morgan fingerprint density at radius 3 is 1.81 bits per heavy atom. The zero-order valence-corrected chi connectivity index (χ0v) is 24.0. The minimum absolute atomic E-state index is 0.000758. The van der Waals surface area contributed by atoms with E-state index in [4.69, 9.17) is 28.7 Å². The van der Waals surface area contributed by atoms with Crippen LogP contribution in [0.5, 0.6) is 5.75 Å². The number of carbonyl (C=O) groups excluding carboxylic acids is 3. The predicted molar refractivity (Wildman–Crippen MR) is 159 cm³/mol. The van der Waals surface area contributed by atoms with Crippen LogP contribution in [0.2, 0.25) is 0 Å². The maximum absolute atomic E-state index is 13.4. The molecule has 4 unspecified atom stereocenters. The molecule has 42 heavy (non-hydrogen) atoms. The third-order valence-corrected chi connectivity index (χ3v) is 6.45. The SMILES string of the molecule is NCCCCC(NC(=O)C(Cc1ccc(O)cc1)NC(=O)C(CCCCN)NC(=O)C(N)CCCN=C(N)N)C(=O)O. The summed E-state index contributed by atoms with van der Waals surface area (Å²) in [7, 11) is 0. The van der Waals surface area contributed by atoms with E-state index < -0.39 is 47.9 Å². The molecule has 0 spiro atoms. The molecule has 15 nitrogen and oxygen atoms in total. The fourth-order valence-electron chi connectivity index (χ4n) is 4.06. The average molecular weight is 594 g/mol. The van der Waals surface area contributed by atoms with E-state index in [1.54, 1.807) is 12.1 Å². The second-order valence-electron chi connectivity index (χ2n) is 10.0. The molecule has 0 fully saturated rings. The summed E-state index contributed by atoms with van der Waals surface area (Å²) >= 11 is 0. The molecule has 236 valence electrons. The van der Waals surface area contributed by atoms with E-state index in [0.29, 0.717) is 57.3 Å². The number of carboxylic acids is 1. The number of phenols is 1. The number of phenolic OH excluding ortho intramolecular Hbond substituents is 1. The summed E-state index contributed by atoms with van der Waals surface area (Å²) in [5, 5.41) is 27.1. The molecular formula is C27H47N9O6. The lowest BCUT2D eigenvalue weighted by Gasteiger charge is -2.25. The van der Waals surface area contributed by atoms with E-state index in [9.17, 15) is 29.4 Å². The number of aromatic hydroxyl groups is 1. The van der Waals surface area contributed by atoms with Crippen LogP contribution in [0.25, 0.3) is 0 Å². The molecule has 0 aliphatic rings. The molecule has 15 heteroatoms. The van der Waals surface area contributed by atoms with Crippen LogP contribution in [-0.2, 0) is 25.6 Å². The highest BCUT2D eigenvalue weighted by Crippen LogP contribution is 2.13. The van der Waals surface area contributed by atoms with Crippen LogP contribution in [0.1, 0.15) is 56.9 Å². The summed E-state index contributed by atoms with van der Waals surface area (Å²) in [6, 6.07) is 1.72. The van der Waals surface area contributed by atoms with Gasteiger partial charge in [0.25, 0.3) is 0 Å². The zero-order chi connectivity index (χ0) is 31.5. The van der Waals surface area contributed by atoms with Gasteiger partial charge >= 0.3 is 5.97 Å². The van der Waals surface area contributed by atoms with Crippen LogP contribution in [0.4, 0.5) is 0 Å². The molecule has 0 saturated heterocycles. The molecule has 3 amide bonds. The summed E-state index contributed by atoms with van der Waals surface area (Å²) < 4.78 is 0. The molecule has 0 heterocycles. The molecule has 0 aromatic heterocycles. The van der Waals surface area contributed by atoms with Crippen LogP contribution in [-0.4, -0.2) is 83.7 Å². The van der Waals surface area contributed by atoms with Gasteiger partial charge in [-0.25, -0.2) is 4.79 Å². The number of rotatable bonds is 21. The molecule has 0 aliphatic carbocycles. The topological polar surface area (TPSA) is 287 Å². The second-order valence-corrected chi connectivity index (χ2v) is 10.0. The Bertz CT molecular complexity index is 1020. The Hall–Kier alpha value is -3.95. The number of hydrogen-bond donors (Lipinski definition) is 10. The number of aliphatic carboxylic acids is 1. The van der Waals surface area contributed by atoms with E-state index in [1.807, 2.05) is 0 Å². The van der Waals surface area contributed by atoms with Gasteiger partial charge in [-0.2, -0.15) is 0 Å². The van der Waals surface area contributed by atoms with Gasteiger partial charge in [-0.05, 0) is 82.2 Å². The molecular weight excluding hydrogens is 546 g/mol. The van der Waals surface area contributed by atoms with Crippen LogP contribution in [0.3, 0.4) is 0 Å². The first kappa shape index (κ1) is 36.1. The molecule has 1 aromatic rings. The monoisotopic (exact) mass is 593 g/mol. The quantitative estimate of drug-likeness (QED) is 0.0427. The van der Waals surface area contributed by atoms with Gasteiger partial charge in [0, 0.05) is 13.0 Å². The Labute approximate surface area is 246 Å². The normalized spacial score (nSPS) is 13.7. The first-order chi connectivity index (χ1) is 20.0. The van der Waals surface area contributed by atoms with Gasteiger partial charge in [0.2, 0.25) is 17.7 Å². The third-order valence-electron chi connectivity index (χ3n) is 6.45. The summed E-state index contributed by atoms with van der Waals surface area (Å²) in [5.74, 6) is -3.16. The van der Waals surface area contributed by atoms with Crippen molar-refractivity contribution in [3.63, 3.8) is 0 Å². The van der Waals surface area contributed by atoms with Crippen molar-refractivity contribution in [2.75, 3.05) is 19.6 Å². The van der Waals surface area contributed by atoms with Crippen molar-refractivity contribution in [1.82, 2.24) is 16.0 Å². The number of unbranched alkanes of at least 4 members (excludes halogenated alkanes) is 2. The maximum atomic E-state index is 13.4. The number of nitrogens with zero attached hydrogens (tertiary/aromatic N) is 1. The fourth-order valence-corrected chi connectivity index (χ4v) is 4.06. The first-order valence-electron chi connectivity index (χ1n) is 14.1. The van der Waals surface area contributed by atoms with Crippen molar-refractivity contribution < 1.29 is 29.4 Å². The molecule has 0 radical (unpaired) electrons. The van der Waals surface area contributed by atoms with Gasteiger partial charge in [0.15, 0.2) is 5.96 Å². The number of benzene rings is 1. The lowest BCUT2D eigenvalue weighted by molar-refractivity contribution is -0.142. The van der Waals surface area contributed by atoms with Crippen LogP contribution in [0, 0.1) is 0 Å². The fraction of sp³-hybridized carbons (Fsp3) is 0.593. The predicted octanol–water partition coefficient (Wildman–Crippen LogP) is -1.89. The highest BCUT2D eigenvalue weighted by Gasteiger charge is 2.30. The maximum Gasteiger partial charge on any atom is 0.326 e. The van der Waals surface area contributed by atoms with Crippen LogP contribution < -0.4 is 44.6 Å². The lowest BCUT2D eigenvalue weighted by Crippen LogP contribution is -2.57. The lowest BCUT2D eigenvalue weighted by atomic mass is 10.0. The Kier molecular flexibility index (Phi) is 17.2.